The molecule has 2 aliphatic heterocycles. The summed E-state index contributed by atoms with van der Waals surface area (Å²) in [6.07, 6.45) is 6.90. The molecule has 138 valence electrons. The lowest BCUT2D eigenvalue weighted by atomic mass is 10.0. The average molecular weight is 351 g/mol. The van der Waals surface area contributed by atoms with E-state index in [2.05, 4.69) is 55.1 Å². The summed E-state index contributed by atoms with van der Waals surface area (Å²) in [5, 5.41) is 0. The lowest BCUT2D eigenvalue weighted by molar-refractivity contribution is 0.178. The van der Waals surface area contributed by atoms with Crippen LogP contribution in [0.15, 0.2) is 24.4 Å². The van der Waals surface area contributed by atoms with Crippen molar-refractivity contribution in [2.75, 3.05) is 20.1 Å². The monoisotopic (exact) mass is 350 g/mol. The smallest absolute Gasteiger partial charge is 0.145 e. The highest BCUT2D eigenvalue weighted by Crippen LogP contribution is 2.28. The molecule has 0 amide bonds. The average Bonchev–Trinajstić information content (AvgIpc) is 2.65. The van der Waals surface area contributed by atoms with Gasteiger partial charge in [-0.25, -0.2) is 9.97 Å². The molecule has 2 aromatic rings. The van der Waals surface area contributed by atoms with Crippen molar-refractivity contribution in [2.45, 2.75) is 58.7 Å². The van der Waals surface area contributed by atoms with E-state index in [1.165, 1.54) is 47.2 Å². The molecule has 4 heteroatoms. The lowest BCUT2D eigenvalue weighted by Gasteiger charge is -2.33. The zero-order chi connectivity index (χ0) is 18.1. The van der Waals surface area contributed by atoms with Crippen molar-refractivity contribution >= 4 is 0 Å². The van der Waals surface area contributed by atoms with Crippen LogP contribution < -0.4 is 0 Å². The molecule has 4 rings (SSSR count). The van der Waals surface area contributed by atoms with Crippen molar-refractivity contribution in [2.24, 2.45) is 0 Å². The first-order valence-corrected chi connectivity index (χ1v) is 9.93. The number of hydrogen-bond donors (Lipinski definition) is 0. The van der Waals surface area contributed by atoms with Crippen LogP contribution in [0.5, 0.6) is 0 Å². The number of likely N-dealkylation sites (tertiary alicyclic amines) is 1. The standard InChI is InChI=1S/C22H30N4/c1-16-7-8-18(12-17(16)2)14-26-11-9-20-19(15-26)13-23-22(24-20)21-6-4-5-10-25(21)3/h7-8,12-13,21H,4-6,9-11,14-15H2,1-3H3/t21-/m1/s1. The molecule has 1 atom stereocenters. The molecule has 0 aliphatic carbocycles. The topological polar surface area (TPSA) is 32.3 Å². The van der Waals surface area contributed by atoms with Crippen LogP contribution in [0, 0.1) is 13.8 Å². The molecular weight excluding hydrogens is 320 g/mol. The quantitative estimate of drug-likeness (QED) is 0.843. The number of benzene rings is 1. The van der Waals surface area contributed by atoms with Crippen LogP contribution in [0.3, 0.4) is 0 Å². The molecule has 26 heavy (non-hydrogen) atoms. The fourth-order valence-corrected chi connectivity index (χ4v) is 4.25. The first kappa shape index (κ1) is 17.6. The van der Waals surface area contributed by atoms with Gasteiger partial charge in [0.05, 0.1) is 6.04 Å². The Balaban J connectivity index is 1.46. The van der Waals surface area contributed by atoms with Gasteiger partial charge in [0, 0.05) is 43.5 Å². The van der Waals surface area contributed by atoms with Crippen LogP contribution in [0.2, 0.25) is 0 Å². The molecule has 1 aromatic heterocycles. The lowest BCUT2D eigenvalue weighted by Crippen LogP contribution is -2.33. The summed E-state index contributed by atoms with van der Waals surface area (Å²) >= 11 is 0. The summed E-state index contributed by atoms with van der Waals surface area (Å²) < 4.78 is 0. The second-order valence-electron chi connectivity index (χ2n) is 8.07. The summed E-state index contributed by atoms with van der Waals surface area (Å²) in [5.41, 5.74) is 6.72. The van der Waals surface area contributed by atoms with E-state index >= 15 is 0 Å². The predicted molar refractivity (Wildman–Crippen MR) is 105 cm³/mol. The van der Waals surface area contributed by atoms with Crippen LogP contribution in [-0.4, -0.2) is 39.9 Å². The molecule has 1 aromatic carbocycles. The van der Waals surface area contributed by atoms with E-state index in [-0.39, 0.29) is 0 Å². The van der Waals surface area contributed by atoms with Gasteiger partial charge in [-0.1, -0.05) is 24.6 Å². The summed E-state index contributed by atoms with van der Waals surface area (Å²) in [4.78, 5) is 14.7. The van der Waals surface area contributed by atoms with Crippen molar-refractivity contribution < 1.29 is 0 Å². The number of rotatable bonds is 3. The first-order chi connectivity index (χ1) is 12.6. The van der Waals surface area contributed by atoms with Crippen molar-refractivity contribution in [3.63, 3.8) is 0 Å². The highest BCUT2D eigenvalue weighted by atomic mass is 15.2. The zero-order valence-corrected chi connectivity index (χ0v) is 16.3. The van der Waals surface area contributed by atoms with Crippen LogP contribution in [0.25, 0.3) is 0 Å². The maximum atomic E-state index is 4.98. The van der Waals surface area contributed by atoms with E-state index in [1.807, 2.05) is 0 Å². The Labute approximate surface area is 157 Å². The normalized spacial score (nSPS) is 21.6. The van der Waals surface area contributed by atoms with E-state index in [1.54, 1.807) is 0 Å². The van der Waals surface area contributed by atoms with E-state index in [0.717, 1.165) is 38.4 Å². The number of nitrogens with zero attached hydrogens (tertiary/aromatic N) is 4. The molecule has 0 bridgehead atoms. The van der Waals surface area contributed by atoms with Gasteiger partial charge < -0.3 is 0 Å². The molecule has 0 radical (unpaired) electrons. The highest BCUT2D eigenvalue weighted by Gasteiger charge is 2.25. The van der Waals surface area contributed by atoms with Gasteiger partial charge in [-0.05, 0) is 57.0 Å². The van der Waals surface area contributed by atoms with Gasteiger partial charge in [0.15, 0.2) is 0 Å². The fourth-order valence-electron chi connectivity index (χ4n) is 4.25. The van der Waals surface area contributed by atoms with Crippen molar-refractivity contribution in [1.29, 1.82) is 0 Å². The number of hydrogen-bond acceptors (Lipinski definition) is 4. The molecule has 0 saturated carbocycles. The van der Waals surface area contributed by atoms with Gasteiger partial charge in [-0.3, -0.25) is 9.80 Å². The highest BCUT2D eigenvalue weighted by molar-refractivity contribution is 5.30. The van der Waals surface area contributed by atoms with E-state index in [0.29, 0.717) is 6.04 Å². The largest absolute Gasteiger partial charge is 0.296 e. The third kappa shape index (κ3) is 3.67. The second-order valence-corrected chi connectivity index (χ2v) is 8.07. The Bertz CT molecular complexity index is 786. The zero-order valence-electron chi connectivity index (χ0n) is 16.3. The third-order valence-electron chi connectivity index (χ3n) is 6.08. The molecule has 1 fully saturated rings. The Morgan fingerprint density at radius 3 is 2.81 bits per heavy atom. The summed E-state index contributed by atoms with van der Waals surface area (Å²) in [6.45, 7) is 8.58. The Morgan fingerprint density at radius 1 is 1.12 bits per heavy atom. The molecule has 0 spiro atoms. The van der Waals surface area contributed by atoms with Gasteiger partial charge in [0.2, 0.25) is 0 Å². The minimum Gasteiger partial charge on any atom is -0.296 e. The van der Waals surface area contributed by atoms with Gasteiger partial charge >= 0.3 is 0 Å². The maximum Gasteiger partial charge on any atom is 0.145 e. The summed E-state index contributed by atoms with van der Waals surface area (Å²) in [5.74, 6) is 1.04. The fraction of sp³-hybridized carbons (Fsp3) is 0.545. The van der Waals surface area contributed by atoms with Gasteiger partial charge in [-0.2, -0.15) is 0 Å². The van der Waals surface area contributed by atoms with E-state index in [4.69, 9.17) is 9.97 Å². The third-order valence-corrected chi connectivity index (χ3v) is 6.08. The predicted octanol–water partition coefficient (Wildman–Crippen LogP) is 3.81. The molecule has 4 nitrogen and oxygen atoms in total. The molecule has 0 N–H and O–H groups in total. The van der Waals surface area contributed by atoms with Crippen molar-refractivity contribution in [3.8, 4) is 0 Å². The first-order valence-electron chi connectivity index (χ1n) is 9.93. The van der Waals surface area contributed by atoms with Crippen LogP contribution in [0.1, 0.15) is 59.1 Å². The molecule has 2 aliphatic rings. The number of fused-ring (bicyclic) bond motifs is 1. The second kappa shape index (κ2) is 7.45. The molecule has 3 heterocycles. The maximum absolute atomic E-state index is 4.98. The van der Waals surface area contributed by atoms with Crippen LogP contribution in [-0.2, 0) is 19.5 Å². The SMILES string of the molecule is Cc1ccc(CN2CCc3nc([C@H]4CCCCN4C)ncc3C2)cc1C. The number of aromatic nitrogens is 2. The Kier molecular flexibility index (Phi) is 5.05. The van der Waals surface area contributed by atoms with E-state index < -0.39 is 0 Å². The number of piperidine rings is 1. The van der Waals surface area contributed by atoms with Gasteiger partial charge in [-0.15, -0.1) is 0 Å². The summed E-state index contributed by atoms with van der Waals surface area (Å²) in [7, 11) is 2.21. The minimum absolute atomic E-state index is 0.405. The van der Waals surface area contributed by atoms with Gasteiger partial charge in [0.1, 0.15) is 5.82 Å². The Hall–Kier alpha value is -1.78. The molecule has 0 unspecified atom stereocenters. The van der Waals surface area contributed by atoms with Crippen molar-refractivity contribution in [3.05, 3.63) is 58.2 Å². The molecular formula is C22H30N4. The molecule has 1 saturated heterocycles. The summed E-state index contributed by atoms with van der Waals surface area (Å²) in [6, 6.07) is 7.22. The Morgan fingerprint density at radius 2 is 2.00 bits per heavy atom. The van der Waals surface area contributed by atoms with Crippen LogP contribution in [0.4, 0.5) is 0 Å². The van der Waals surface area contributed by atoms with Crippen molar-refractivity contribution in [1.82, 2.24) is 19.8 Å². The van der Waals surface area contributed by atoms with Crippen LogP contribution >= 0.6 is 0 Å². The van der Waals surface area contributed by atoms with E-state index in [9.17, 15) is 0 Å². The number of aryl methyl sites for hydroxylation is 2. The van der Waals surface area contributed by atoms with Gasteiger partial charge in [0.25, 0.3) is 0 Å². The minimum atomic E-state index is 0.405.